The summed E-state index contributed by atoms with van der Waals surface area (Å²) in [5.74, 6) is -0.0484. The summed E-state index contributed by atoms with van der Waals surface area (Å²) in [6, 6.07) is 9.33. The van der Waals surface area contributed by atoms with Gasteiger partial charge in [-0.3, -0.25) is 14.6 Å². The molecule has 0 saturated carbocycles. The number of likely N-dealkylation sites (tertiary alicyclic amines) is 1. The molecule has 0 spiro atoms. The van der Waals surface area contributed by atoms with E-state index in [1.165, 1.54) is 0 Å². The van der Waals surface area contributed by atoms with Gasteiger partial charge in [0.05, 0.1) is 17.8 Å². The number of carbonyl (C=O) groups excluding carboxylic acids is 2. The molecule has 0 aromatic carbocycles. The number of nitrogens with zero attached hydrogens (tertiary/aromatic N) is 3. The first-order valence-electron chi connectivity index (χ1n) is 9.13. The van der Waals surface area contributed by atoms with Gasteiger partial charge in [0.25, 0.3) is 5.91 Å². The molecule has 6 heteroatoms. The van der Waals surface area contributed by atoms with Crippen molar-refractivity contribution in [2.24, 2.45) is 7.05 Å². The van der Waals surface area contributed by atoms with E-state index in [2.05, 4.69) is 10.3 Å². The van der Waals surface area contributed by atoms with Gasteiger partial charge in [-0.2, -0.15) is 0 Å². The molecule has 3 rings (SSSR count). The van der Waals surface area contributed by atoms with E-state index < -0.39 is 0 Å². The average molecular weight is 354 g/mol. The van der Waals surface area contributed by atoms with Crippen molar-refractivity contribution in [3.63, 3.8) is 0 Å². The number of hydrogen-bond acceptors (Lipinski definition) is 3. The highest BCUT2D eigenvalue weighted by Gasteiger charge is 2.29. The smallest absolute Gasteiger partial charge is 0.268 e. The van der Waals surface area contributed by atoms with E-state index in [0.29, 0.717) is 5.69 Å². The molecular formula is C20H26N4O2. The van der Waals surface area contributed by atoms with Gasteiger partial charge in [-0.05, 0) is 50.5 Å². The molecule has 26 heavy (non-hydrogen) atoms. The summed E-state index contributed by atoms with van der Waals surface area (Å²) < 4.78 is 1.91. The normalized spacial score (nSPS) is 18.4. The Morgan fingerprint density at radius 2 is 2.04 bits per heavy atom. The van der Waals surface area contributed by atoms with Crippen LogP contribution in [0.15, 0.2) is 36.5 Å². The van der Waals surface area contributed by atoms with E-state index in [1.807, 2.05) is 53.8 Å². The molecule has 2 atom stereocenters. The number of hydrogen-bond donors (Lipinski definition) is 1. The molecule has 2 unspecified atom stereocenters. The molecule has 1 fully saturated rings. The average Bonchev–Trinajstić information content (AvgIpc) is 3.03. The molecule has 1 saturated heterocycles. The lowest BCUT2D eigenvalue weighted by atomic mass is 9.99. The van der Waals surface area contributed by atoms with Gasteiger partial charge in [0, 0.05) is 32.4 Å². The number of piperidine rings is 1. The number of nitrogens with one attached hydrogen (secondary N) is 1. The highest BCUT2D eigenvalue weighted by molar-refractivity contribution is 5.93. The quantitative estimate of drug-likeness (QED) is 0.918. The second-order valence-electron chi connectivity index (χ2n) is 6.88. The SMILES string of the molecule is CC(=O)N1CCCCC1c1ccc(C(=O)NC(C)c2ccccn2)n1C. The van der Waals surface area contributed by atoms with Crippen molar-refractivity contribution in [3.8, 4) is 0 Å². The number of pyridine rings is 1. The van der Waals surface area contributed by atoms with Crippen molar-refractivity contribution in [3.05, 3.63) is 53.6 Å². The first-order chi connectivity index (χ1) is 12.5. The molecule has 0 bridgehead atoms. The summed E-state index contributed by atoms with van der Waals surface area (Å²) in [6.07, 6.45) is 4.79. The molecule has 0 radical (unpaired) electrons. The fourth-order valence-electron chi connectivity index (χ4n) is 3.68. The predicted molar refractivity (Wildman–Crippen MR) is 99.5 cm³/mol. The Morgan fingerprint density at radius 3 is 2.73 bits per heavy atom. The van der Waals surface area contributed by atoms with Gasteiger partial charge in [0.2, 0.25) is 5.91 Å². The van der Waals surface area contributed by atoms with Crippen molar-refractivity contribution in [1.29, 1.82) is 0 Å². The topological polar surface area (TPSA) is 67.2 Å². The van der Waals surface area contributed by atoms with Crippen molar-refractivity contribution in [1.82, 2.24) is 19.8 Å². The zero-order valence-corrected chi connectivity index (χ0v) is 15.6. The Kier molecular flexibility index (Phi) is 5.40. The van der Waals surface area contributed by atoms with E-state index in [4.69, 9.17) is 0 Å². The van der Waals surface area contributed by atoms with E-state index in [9.17, 15) is 9.59 Å². The number of rotatable bonds is 4. The second-order valence-corrected chi connectivity index (χ2v) is 6.88. The van der Waals surface area contributed by atoms with Gasteiger partial charge in [-0.15, -0.1) is 0 Å². The fourth-order valence-corrected chi connectivity index (χ4v) is 3.68. The fraction of sp³-hybridized carbons (Fsp3) is 0.450. The van der Waals surface area contributed by atoms with Crippen LogP contribution in [0.5, 0.6) is 0 Å². The summed E-state index contributed by atoms with van der Waals surface area (Å²) in [5, 5.41) is 3.00. The molecule has 3 heterocycles. The first-order valence-corrected chi connectivity index (χ1v) is 9.13. The van der Waals surface area contributed by atoms with Crippen molar-refractivity contribution < 1.29 is 9.59 Å². The maximum Gasteiger partial charge on any atom is 0.268 e. The zero-order chi connectivity index (χ0) is 18.7. The summed E-state index contributed by atoms with van der Waals surface area (Å²) in [6.45, 7) is 4.32. The molecule has 2 aromatic rings. The van der Waals surface area contributed by atoms with Crippen LogP contribution in [0.3, 0.4) is 0 Å². The maximum atomic E-state index is 12.7. The van der Waals surface area contributed by atoms with Crippen molar-refractivity contribution in [2.75, 3.05) is 6.54 Å². The van der Waals surface area contributed by atoms with Crippen LogP contribution in [0.4, 0.5) is 0 Å². The number of amides is 2. The van der Waals surface area contributed by atoms with Gasteiger partial charge in [-0.25, -0.2) is 0 Å². The van der Waals surface area contributed by atoms with Crippen LogP contribution >= 0.6 is 0 Å². The highest BCUT2D eigenvalue weighted by atomic mass is 16.2. The van der Waals surface area contributed by atoms with Gasteiger partial charge in [-0.1, -0.05) is 6.07 Å². The Morgan fingerprint density at radius 1 is 1.23 bits per heavy atom. The predicted octanol–water partition coefficient (Wildman–Crippen LogP) is 2.98. The third-order valence-corrected chi connectivity index (χ3v) is 5.12. The molecule has 6 nitrogen and oxygen atoms in total. The molecule has 1 aliphatic rings. The number of aromatic nitrogens is 2. The van der Waals surface area contributed by atoms with Crippen LogP contribution in [-0.2, 0) is 11.8 Å². The summed E-state index contributed by atoms with van der Waals surface area (Å²) in [7, 11) is 1.89. The third kappa shape index (κ3) is 3.64. The lowest BCUT2D eigenvalue weighted by Crippen LogP contribution is -2.38. The van der Waals surface area contributed by atoms with E-state index in [0.717, 1.165) is 37.2 Å². The minimum absolute atomic E-state index is 0.0426. The second kappa shape index (κ2) is 7.72. The zero-order valence-electron chi connectivity index (χ0n) is 15.6. The molecule has 1 N–H and O–H groups in total. The van der Waals surface area contributed by atoms with E-state index in [-0.39, 0.29) is 23.9 Å². The number of carbonyl (C=O) groups is 2. The van der Waals surface area contributed by atoms with Crippen LogP contribution in [-0.4, -0.2) is 32.8 Å². The largest absolute Gasteiger partial charge is 0.343 e. The molecule has 138 valence electrons. The van der Waals surface area contributed by atoms with Gasteiger partial charge in [0.1, 0.15) is 5.69 Å². The monoisotopic (exact) mass is 354 g/mol. The Bertz CT molecular complexity index is 784. The molecule has 0 aliphatic carbocycles. The molecule has 2 aromatic heterocycles. The summed E-state index contributed by atoms with van der Waals surface area (Å²) in [5.41, 5.74) is 2.43. The maximum absolute atomic E-state index is 12.7. The molecule has 2 amide bonds. The van der Waals surface area contributed by atoms with E-state index >= 15 is 0 Å². The Labute approximate surface area is 154 Å². The van der Waals surface area contributed by atoms with Gasteiger partial charge < -0.3 is 14.8 Å². The lowest BCUT2D eigenvalue weighted by molar-refractivity contribution is -0.132. The first kappa shape index (κ1) is 18.2. The van der Waals surface area contributed by atoms with Crippen LogP contribution < -0.4 is 5.32 Å². The lowest BCUT2D eigenvalue weighted by Gasteiger charge is -2.35. The standard InChI is InChI=1S/C20H26N4O2/c1-14(16-8-4-6-12-21-16)22-20(26)19-11-10-17(23(19)3)18-9-5-7-13-24(18)15(2)25/h4,6,8,10-12,14,18H,5,7,9,13H2,1-3H3,(H,22,26). The highest BCUT2D eigenvalue weighted by Crippen LogP contribution is 2.31. The third-order valence-electron chi connectivity index (χ3n) is 5.12. The van der Waals surface area contributed by atoms with Crippen molar-refractivity contribution >= 4 is 11.8 Å². The van der Waals surface area contributed by atoms with Crippen LogP contribution in [0, 0.1) is 0 Å². The van der Waals surface area contributed by atoms with Crippen LogP contribution in [0.25, 0.3) is 0 Å². The van der Waals surface area contributed by atoms with Gasteiger partial charge >= 0.3 is 0 Å². The summed E-state index contributed by atoms with van der Waals surface area (Å²) in [4.78, 5) is 30.9. The van der Waals surface area contributed by atoms with Crippen LogP contribution in [0.1, 0.15) is 67.1 Å². The van der Waals surface area contributed by atoms with E-state index in [1.54, 1.807) is 13.1 Å². The molecule has 1 aliphatic heterocycles. The van der Waals surface area contributed by atoms with Gasteiger partial charge in [0.15, 0.2) is 0 Å². The minimum Gasteiger partial charge on any atom is -0.343 e. The van der Waals surface area contributed by atoms with Crippen LogP contribution in [0.2, 0.25) is 0 Å². The van der Waals surface area contributed by atoms with Crippen molar-refractivity contribution in [2.45, 2.75) is 45.2 Å². The Balaban J connectivity index is 1.78. The summed E-state index contributed by atoms with van der Waals surface area (Å²) >= 11 is 0. The minimum atomic E-state index is -0.176. The molecular weight excluding hydrogens is 328 g/mol. The Hall–Kier alpha value is -2.63.